The number of rotatable bonds is 3. The van der Waals surface area contributed by atoms with Crippen LogP contribution < -0.4 is 15.8 Å². The lowest BCUT2D eigenvalue weighted by molar-refractivity contribution is 0.403. The van der Waals surface area contributed by atoms with Crippen molar-refractivity contribution >= 4 is 21.9 Å². The second kappa shape index (κ2) is 7.73. The Hall–Kier alpha value is -5.12. The molecule has 0 atom stereocenters. The molecule has 5 rings (SSSR count). The third kappa shape index (κ3) is 3.35. The second-order valence-electron chi connectivity index (χ2n) is 7.65. The van der Waals surface area contributed by atoms with Crippen LogP contribution in [0, 0.1) is 0 Å². The third-order valence-corrected chi connectivity index (χ3v) is 5.55. The van der Waals surface area contributed by atoms with E-state index in [-0.39, 0.29) is 39.4 Å². The van der Waals surface area contributed by atoms with E-state index in [4.69, 9.17) is 13.6 Å². The monoisotopic (exact) mass is 476 g/mol. The predicted octanol–water partition coefficient (Wildman–Crippen LogP) is 3.77. The highest BCUT2D eigenvalue weighted by Gasteiger charge is 2.26. The van der Waals surface area contributed by atoms with E-state index < -0.39 is 45.2 Å². The summed E-state index contributed by atoms with van der Waals surface area (Å²) in [6.45, 7) is 0. The fraction of sp³-hybridized carbons (Fsp3) is 0.0400. The van der Waals surface area contributed by atoms with E-state index in [1.54, 1.807) is 0 Å². The SMILES string of the molecule is COc1cc2oc(=O)ccc2cc1-c1c(O)cc(O)c2c(=O)c(O)c(-c3ccc(O)c(O)c3)oc12. The van der Waals surface area contributed by atoms with E-state index in [9.17, 15) is 35.1 Å². The lowest BCUT2D eigenvalue weighted by Gasteiger charge is -2.15. The number of methoxy groups -OCH3 is 1. The summed E-state index contributed by atoms with van der Waals surface area (Å²) in [4.78, 5) is 24.7. The molecule has 10 nitrogen and oxygen atoms in total. The Morgan fingerprint density at radius 2 is 1.54 bits per heavy atom. The van der Waals surface area contributed by atoms with Crippen molar-refractivity contribution in [3.8, 4) is 56.9 Å². The van der Waals surface area contributed by atoms with Gasteiger partial charge in [0.2, 0.25) is 11.2 Å². The van der Waals surface area contributed by atoms with Gasteiger partial charge in [0, 0.05) is 34.7 Å². The Bertz CT molecular complexity index is 1780. The van der Waals surface area contributed by atoms with Crippen molar-refractivity contribution in [2.24, 2.45) is 0 Å². The lowest BCUT2D eigenvalue weighted by atomic mass is 9.97. The van der Waals surface area contributed by atoms with Crippen molar-refractivity contribution in [2.75, 3.05) is 7.11 Å². The van der Waals surface area contributed by atoms with Crippen LogP contribution >= 0.6 is 0 Å². The van der Waals surface area contributed by atoms with Crippen LogP contribution in [0.4, 0.5) is 0 Å². The van der Waals surface area contributed by atoms with Gasteiger partial charge in [-0.25, -0.2) is 4.79 Å². The van der Waals surface area contributed by atoms with Crippen molar-refractivity contribution in [2.45, 2.75) is 0 Å². The van der Waals surface area contributed by atoms with Crippen LogP contribution in [0.2, 0.25) is 0 Å². The van der Waals surface area contributed by atoms with E-state index in [2.05, 4.69) is 0 Å². The van der Waals surface area contributed by atoms with E-state index >= 15 is 0 Å². The summed E-state index contributed by atoms with van der Waals surface area (Å²) in [6, 6.07) is 10.1. The molecule has 2 heterocycles. The van der Waals surface area contributed by atoms with Crippen molar-refractivity contribution in [1.82, 2.24) is 0 Å². The second-order valence-corrected chi connectivity index (χ2v) is 7.65. The molecule has 0 radical (unpaired) electrons. The average Bonchev–Trinajstić information content (AvgIpc) is 2.82. The van der Waals surface area contributed by atoms with Gasteiger partial charge >= 0.3 is 5.63 Å². The molecule has 2 aromatic heterocycles. The summed E-state index contributed by atoms with van der Waals surface area (Å²) in [7, 11) is 1.35. The topological polar surface area (TPSA) is 171 Å². The quantitative estimate of drug-likeness (QED) is 0.191. The van der Waals surface area contributed by atoms with E-state index in [0.29, 0.717) is 5.39 Å². The van der Waals surface area contributed by atoms with Crippen LogP contribution in [-0.2, 0) is 0 Å². The molecular formula is C25H16O10. The van der Waals surface area contributed by atoms with Crippen molar-refractivity contribution in [3.05, 3.63) is 69.2 Å². The molecular weight excluding hydrogens is 460 g/mol. The van der Waals surface area contributed by atoms with Crippen LogP contribution in [0.3, 0.4) is 0 Å². The summed E-state index contributed by atoms with van der Waals surface area (Å²) in [5, 5.41) is 51.3. The van der Waals surface area contributed by atoms with Crippen LogP contribution in [0.15, 0.2) is 67.0 Å². The molecule has 5 aromatic rings. The molecule has 0 fully saturated rings. The van der Waals surface area contributed by atoms with Gasteiger partial charge in [0.25, 0.3) is 0 Å². The zero-order valence-corrected chi connectivity index (χ0v) is 17.9. The molecule has 3 aromatic carbocycles. The molecule has 0 aliphatic rings. The van der Waals surface area contributed by atoms with Gasteiger partial charge < -0.3 is 39.1 Å². The molecule has 0 spiro atoms. The van der Waals surface area contributed by atoms with Crippen LogP contribution in [0.5, 0.6) is 34.5 Å². The Morgan fingerprint density at radius 1 is 0.771 bits per heavy atom. The normalized spacial score (nSPS) is 11.2. The number of hydrogen-bond donors (Lipinski definition) is 5. The Balaban J connectivity index is 1.92. The molecule has 0 amide bonds. The number of phenolic OH excluding ortho intramolecular Hbond substituents is 4. The number of ether oxygens (including phenoxy) is 1. The first-order valence-electron chi connectivity index (χ1n) is 10.1. The number of fused-ring (bicyclic) bond motifs is 2. The molecule has 0 aliphatic carbocycles. The predicted molar refractivity (Wildman–Crippen MR) is 124 cm³/mol. The van der Waals surface area contributed by atoms with Gasteiger partial charge in [0.1, 0.15) is 28.2 Å². The summed E-state index contributed by atoms with van der Waals surface area (Å²) in [5.41, 5.74) is -1.44. The van der Waals surface area contributed by atoms with Gasteiger partial charge in [-0.1, -0.05) is 0 Å². The molecule has 35 heavy (non-hydrogen) atoms. The van der Waals surface area contributed by atoms with E-state index in [1.807, 2.05) is 0 Å². The Morgan fingerprint density at radius 3 is 2.26 bits per heavy atom. The van der Waals surface area contributed by atoms with Crippen molar-refractivity contribution < 1.29 is 39.1 Å². The highest BCUT2D eigenvalue weighted by atomic mass is 16.5. The van der Waals surface area contributed by atoms with E-state index in [0.717, 1.165) is 18.2 Å². The number of aromatic hydroxyl groups is 5. The van der Waals surface area contributed by atoms with Crippen LogP contribution in [0.1, 0.15) is 0 Å². The Labute approximate surface area is 194 Å². The number of hydrogen-bond acceptors (Lipinski definition) is 10. The molecule has 10 heteroatoms. The standard InChI is InChI=1S/C25H16O10/c1-33-18-9-17-10(3-5-19(30)34-17)6-12(18)20-15(28)8-16(29)21-22(31)23(32)24(35-25(20)21)11-2-4-13(26)14(27)7-11/h2-9,26-29,32H,1H3. The summed E-state index contributed by atoms with van der Waals surface area (Å²) >= 11 is 0. The van der Waals surface area contributed by atoms with Gasteiger partial charge in [0.15, 0.2) is 22.8 Å². The number of benzene rings is 3. The molecule has 0 saturated heterocycles. The maximum atomic E-state index is 13.0. The minimum absolute atomic E-state index is 0.0397. The maximum absolute atomic E-state index is 13.0. The molecule has 5 N–H and O–H groups in total. The van der Waals surface area contributed by atoms with Gasteiger partial charge in [0.05, 0.1) is 12.7 Å². The smallest absolute Gasteiger partial charge is 0.336 e. The van der Waals surface area contributed by atoms with E-state index in [1.165, 1.54) is 37.4 Å². The Kier molecular flexibility index (Phi) is 4.80. The minimum Gasteiger partial charge on any atom is -0.507 e. The molecule has 176 valence electrons. The van der Waals surface area contributed by atoms with Gasteiger partial charge in [-0.05, 0) is 30.3 Å². The van der Waals surface area contributed by atoms with Gasteiger partial charge in [-0.2, -0.15) is 0 Å². The molecule has 0 saturated carbocycles. The molecule has 0 bridgehead atoms. The van der Waals surface area contributed by atoms with Crippen molar-refractivity contribution in [3.63, 3.8) is 0 Å². The summed E-state index contributed by atoms with van der Waals surface area (Å²) in [6.07, 6.45) is 0. The van der Waals surface area contributed by atoms with Crippen molar-refractivity contribution in [1.29, 1.82) is 0 Å². The van der Waals surface area contributed by atoms with Crippen LogP contribution in [0.25, 0.3) is 44.4 Å². The highest BCUT2D eigenvalue weighted by Crippen LogP contribution is 2.47. The molecule has 0 aliphatic heterocycles. The maximum Gasteiger partial charge on any atom is 0.336 e. The van der Waals surface area contributed by atoms with Gasteiger partial charge in [-0.15, -0.1) is 0 Å². The minimum atomic E-state index is -1.00. The first-order chi connectivity index (χ1) is 16.7. The van der Waals surface area contributed by atoms with Gasteiger partial charge in [-0.3, -0.25) is 4.79 Å². The third-order valence-electron chi connectivity index (χ3n) is 5.55. The first kappa shape index (κ1) is 21.7. The average molecular weight is 476 g/mol. The lowest BCUT2D eigenvalue weighted by Crippen LogP contribution is -2.04. The first-order valence-corrected chi connectivity index (χ1v) is 10.1. The summed E-state index contributed by atoms with van der Waals surface area (Å²) in [5.74, 6) is -3.17. The summed E-state index contributed by atoms with van der Waals surface area (Å²) < 4.78 is 16.4. The fourth-order valence-corrected chi connectivity index (χ4v) is 3.91. The largest absolute Gasteiger partial charge is 0.507 e. The zero-order valence-electron chi connectivity index (χ0n) is 17.9. The molecule has 0 unspecified atom stereocenters. The zero-order chi connectivity index (χ0) is 25.0. The fourth-order valence-electron chi connectivity index (χ4n) is 3.91. The van der Waals surface area contributed by atoms with Crippen LogP contribution in [-0.4, -0.2) is 32.6 Å². The number of phenols is 4. The highest BCUT2D eigenvalue weighted by molar-refractivity contribution is 6.03.